The molecule has 0 bridgehead atoms. The van der Waals surface area contributed by atoms with Crippen LogP contribution in [0.4, 0.5) is 0 Å². The summed E-state index contributed by atoms with van der Waals surface area (Å²) in [5.41, 5.74) is 2.12. The number of alkyl halides is 1. The maximum Gasteiger partial charge on any atom is 0.0519 e. The molecule has 0 aromatic heterocycles. The molecule has 1 aromatic rings. The summed E-state index contributed by atoms with van der Waals surface area (Å²) in [5.74, 6) is 0. The van der Waals surface area contributed by atoms with Crippen LogP contribution < -0.4 is 5.32 Å². The van der Waals surface area contributed by atoms with Gasteiger partial charge in [0.15, 0.2) is 0 Å². The van der Waals surface area contributed by atoms with Crippen molar-refractivity contribution >= 4 is 31.9 Å². The molecule has 11 heavy (non-hydrogen) atoms. The molecule has 0 unspecified atom stereocenters. The van der Waals surface area contributed by atoms with Crippen molar-refractivity contribution in [3.8, 4) is 0 Å². The zero-order chi connectivity index (χ0) is 8.10. The van der Waals surface area contributed by atoms with Crippen LogP contribution in [0.25, 0.3) is 0 Å². The molecular formula is C8H9Br2N. The lowest BCUT2D eigenvalue weighted by atomic mass is 10.2. The Morgan fingerprint density at radius 1 is 1.36 bits per heavy atom. The molecule has 1 nitrogen and oxygen atoms in total. The summed E-state index contributed by atoms with van der Waals surface area (Å²) in [4.78, 5) is 0. The minimum atomic E-state index is 0.833. The predicted molar refractivity (Wildman–Crippen MR) is 54.8 cm³/mol. The predicted octanol–water partition coefficient (Wildman–Crippen LogP) is 2.89. The summed E-state index contributed by atoms with van der Waals surface area (Å²) in [5, 5.41) is 3.19. The lowest BCUT2D eigenvalue weighted by Gasteiger charge is -2.00. The van der Waals surface area contributed by atoms with Crippen LogP contribution in [0.15, 0.2) is 28.7 Å². The number of nitrogens with one attached hydrogen (secondary N) is 1. The molecule has 3 heteroatoms. The zero-order valence-corrected chi connectivity index (χ0v) is 9.15. The van der Waals surface area contributed by atoms with Gasteiger partial charge in [-0.15, -0.1) is 0 Å². The van der Waals surface area contributed by atoms with E-state index < -0.39 is 0 Å². The molecule has 0 saturated heterocycles. The molecule has 0 amide bonds. The SMILES string of the molecule is BrCNCc1cccc(Br)c1. The molecule has 0 spiro atoms. The normalized spacial score (nSPS) is 10.0. The highest BCUT2D eigenvalue weighted by Crippen LogP contribution is 2.11. The molecule has 0 saturated carbocycles. The second-order valence-electron chi connectivity index (χ2n) is 2.19. The smallest absolute Gasteiger partial charge is 0.0519 e. The van der Waals surface area contributed by atoms with Crippen LogP contribution in [0.5, 0.6) is 0 Å². The van der Waals surface area contributed by atoms with E-state index in [2.05, 4.69) is 49.3 Å². The standard InChI is InChI=1S/C8H9Br2N/c9-6-11-5-7-2-1-3-8(10)4-7/h1-4,11H,5-6H2. The van der Waals surface area contributed by atoms with Crippen molar-refractivity contribution < 1.29 is 0 Å². The van der Waals surface area contributed by atoms with E-state index in [0.29, 0.717) is 0 Å². The lowest BCUT2D eigenvalue weighted by Crippen LogP contribution is -2.09. The van der Waals surface area contributed by atoms with Crippen molar-refractivity contribution in [1.29, 1.82) is 0 Å². The van der Waals surface area contributed by atoms with Crippen molar-refractivity contribution in [1.82, 2.24) is 5.32 Å². The Kier molecular flexibility index (Phi) is 4.12. The third-order valence-corrected chi connectivity index (χ3v) is 2.20. The monoisotopic (exact) mass is 277 g/mol. The second-order valence-corrected chi connectivity index (χ2v) is 3.67. The van der Waals surface area contributed by atoms with Gasteiger partial charge in [0, 0.05) is 11.0 Å². The van der Waals surface area contributed by atoms with Crippen LogP contribution in [0.1, 0.15) is 5.56 Å². The van der Waals surface area contributed by atoms with E-state index in [1.54, 1.807) is 0 Å². The van der Waals surface area contributed by atoms with E-state index in [4.69, 9.17) is 0 Å². The molecule has 0 aliphatic heterocycles. The molecule has 1 aromatic carbocycles. The van der Waals surface area contributed by atoms with Gasteiger partial charge in [-0.05, 0) is 17.7 Å². The molecular weight excluding hydrogens is 270 g/mol. The van der Waals surface area contributed by atoms with E-state index >= 15 is 0 Å². The van der Waals surface area contributed by atoms with E-state index in [1.807, 2.05) is 12.1 Å². The van der Waals surface area contributed by atoms with Gasteiger partial charge < -0.3 is 5.32 Å². The van der Waals surface area contributed by atoms with Gasteiger partial charge in [0.1, 0.15) is 0 Å². The van der Waals surface area contributed by atoms with Crippen LogP contribution in [0, 0.1) is 0 Å². The van der Waals surface area contributed by atoms with Gasteiger partial charge in [-0.25, -0.2) is 0 Å². The molecule has 60 valence electrons. The van der Waals surface area contributed by atoms with E-state index in [-0.39, 0.29) is 0 Å². The average molecular weight is 279 g/mol. The van der Waals surface area contributed by atoms with Gasteiger partial charge in [-0.2, -0.15) is 0 Å². The maximum absolute atomic E-state index is 3.41. The summed E-state index contributed by atoms with van der Waals surface area (Å²) in [6, 6.07) is 8.27. The summed E-state index contributed by atoms with van der Waals surface area (Å²) in [6.45, 7) is 0.907. The molecule has 0 heterocycles. The minimum absolute atomic E-state index is 0.833. The fourth-order valence-corrected chi connectivity index (χ4v) is 1.48. The van der Waals surface area contributed by atoms with Crippen LogP contribution in [0.3, 0.4) is 0 Å². The number of benzene rings is 1. The summed E-state index contributed by atoms with van der Waals surface area (Å²) >= 11 is 6.72. The fraction of sp³-hybridized carbons (Fsp3) is 0.250. The van der Waals surface area contributed by atoms with Gasteiger partial charge in [0.05, 0.1) is 5.45 Å². The van der Waals surface area contributed by atoms with Crippen molar-refractivity contribution in [2.24, 2.45) is 0 Å². The van der Waals surface area contributed by atoms with E-state index in [0.717, 1.165) is 16.5 Å². The molecule has 0 aliphatic rings. The first-order valence-corrected chi connectivity index (χ1v) is 5.25. The molecule has 1 rings (SSSR count). The number of hydrogen-bond acceptors (Lipinski definition) is 1. The minimum Gasteiger partial charge on any atom is -0.303 e. The third kappa shape index (κ3) is 3.36. The molecule has 0 radical (unpaired) electrons. The largest absolute Gasteiger partial charge is 0.303 e. The first kappa shape index (κ1) is 9.23. The van der Waals surface area contributed by atoms with Crippen LogP contribution in [-0.4, -0.2) is 5.45 Å². The Hall–Kier alpha value is 0.140. The Morgan fingerprint density at radius 2 is 2.18 bits per heavy atom. The van der Waals surface area contributed by atoms with Crippen molar-refractivity contribution in [2.45, 2.75) is 6.54 Å². The highest BCUT2D eigenvalue weighted by molar-refractivity contribution is 9.10. The number of rotatable bonds is 3. The highest BCUT2D eigenvalue weighted by Gasteiger charge is 1.91. The first-order valence-electron chi connectivity index (χ1n) is 3.34. The van der Waals surface area contributed by atoms with Gasteiger partial charge >= 0.3 is 0 Å². The molecule has 0 atom stereocenters. The molecule has 0 aliphatic carbocycles. The van der Waals surface area contributed by atoms with Crippen molar-refractivity contribution in [3.05, 3.63) is 34.3 Å². The van der Waals surface area contributed by atoms with Crippen molar-refractivity contribution in [3.63, 3.8) is 0 Å². The third-order valence-electron chi connectivity index (χ3n) is 1.31. The van der Waals surface area contributed by atoms with Gasteiger partial charge in [0.25, 0.3) is 0 Å². The summed E-state index contributed by atoms with van der Waals surface area (Å²) in [6.07, 6.45) is 0. The molecule has 1 N–H and O–H groups in total. The van der Waals surface area contributed by atoms with E-state index in [9.17, 15) is 0 Å². The van der Waals surface area contributed by atoms with Gasteiger partial charge in [-0.1, -0.05) is 44.0 Å². The summed E-state index contributed by atoms with van der Waals surface area (Å²) in [7, 11) is 0. The Bertz CT molecular complexity index is 225. The summed E-state index contributed by atoms with van der Waals surface area (Å²) < 4.78 is 1.13. The first-order chi connectivity index (χ1) is 5.33. The Labute approximate surface area is 83.4 Å². The Balaban J connectivity index is 2.56. The Morgan fingerprint density at radius 3 is 2.82 bits per heavy atom. The fourth-order valence-electron chi connectivity index (χ4n) is 0.839. The number of hydrogen-bond donors (Lipinski definition) is 1. The van der Waals surface area contributed by atoms with Gasteiger partial charge in [-0.3, -0.25) is 0 Å². The van der Waals surface area contributed by atoms with Gasteiger partial charge in [0.2, 0.25) is 0 Å². The van der Waals surface area contributed by atoms with Crippen LogP contribution in [0.2, 0.25) is 0 Å². The van der Waals surface area contributed by atoms with Crippen LogP contribution >= 0.6 is 31.9 Å². The highest BCUT2D eigenvalue weighted by atomic mass is 79.9. The number of halogens is 2. The second kappa shape index (κ2) is 4.91. The topological polar surface area (TPSA) is 12.0 Å². The average Bonchev–Trinajstić information content (AvgIpc) is 2.01. The van der Waals surface area contributed by atoms with Crippen LogP contribution in [-0.2, 0) is 6.54 Å². The van der Waals surface area contributed by atoms with Crippen molar-refractivity contribution in [2.75, 3.05) is 5.45 Å². The zero-order valence-electron chi connectivity index (χ0n) is 5.98. The quantitative estimate of drug-likeness (QED) is 0.662. The van der Waals surface area contributed by atoms with E-state index in [1.165, 1.54) is 5.56 Å². The lowest BCUT2D eigenvalue weighted by molar-refractivity contribution is 0.801. The molecule has 0 fully saturated rings. The maximum atomic E-state index is 3.41.